The Morgan fingerprint density at radius 3 is 2.55 bits per heavy atom. The summed E-state index contributed by atoms with van der Waals surface area (Å²) in [6, 6.07) is 12.8. The van der Waals surface area contributed by atoms with Crippen LogP contribution in [0.25, 0.3) is 10.9 Å². The number of fused-ring (bicyclic) bond motifs is 1. The first-order chi connectivity index (χ1) is 13.9. The molecule has 1 amide bonds. The summed E-state index contributed by atoms with van der Waals surface area (Å²) >= 11 is 1.07. The Kier molecular flexibility index (Phi) is 6.66. The number of amides is 1. The highest BCUT2D eigenvalue weighted by molar-refractivity contribution is 8.00. The molecule has 0 unspecified atom stereocenters. The Labute approximate surface area is 170 Å². The van der Waals surface area contributed by atoms with Crippen LogP contribution < -0.4 is 5.32 Å². The summed E-state index contributed by atoms with van der Waals surface area (Å²) in [7, 11) is 0. The van der Waals surface area contributed by atoms with Crippen LogP contribution >= 0.6 is 11.8 Å². The highest BCUT2D eigenvalue weighted by Crippen LogP contribution is 2.22. The molecule has 0 radical (unpaired) electrons. The first kappa shape index (κ1) is 20.6. The number of ketones is 1. The van der Waals surface area contributed by atoms with Gasteiger partial charge >= 0.3 is 5.97 Å². The summed E-state index contributed by atoms with van der Waals surface area (Å²) in [6.07, 6.45) is 0. The van der Waals surface area contributed by atoms with Crippen molar-refractivity contribution in [1.29, 1.82) is 0 Å². The molecule has 0 aliphatic heterocycles. The van der Waals surface area contributed by atoms with Crippen LogP contribution in [-0.2, 0) is 14.3 Å². The second kappa shape index (κ2) is 9.38. The van der Waals surface area contributed by atoms with Gasteiger partial charge < -0.3 is 15.0 Å². The fourth-order valence-electron chi connectivity index (χ4n) is 2.85. The minimum absolute atomic E-state index is 0.0297. The molecule has 8 heteroatoms. The number of ether oxygens (including phenoxy) is 1. The number of carbonyl (C=O) groups excluding carboxylic acids is 3. The molecule has 2 aromatic carbocycles. The van der Waals surface area contributed by atoms with Crippen LogP contribution in [0.15, 0.2) is 48.5 Å². The van der Waals surface area contributed by atoms with Gasteiger partial charge in [0, 0.05) is 27.8 Å². The van der Waals surface area contributed by atoms with Crippen LogP contribution in [0.4, 0.5) is 10.1 Å². The normalized spacial score (nSPS) is 10.7. The largest absolute Gasteiger partial charge is 0.457 e. The summed E-state index contributed by atoms with van der Waals surface area (Å²) in [5, 5.41) is 3.39. The molecule has 0 spiro atoms. The van der Waals surface area contributed by atoms with Crippen LogP contribution in [0.3, 0.4) is 0 Å². The number of nitrogens with one attached hydrogen (secondary N) is 2. The van der Waals surface area contributed by atoms with Gasteiger partial charge in [-0.1, -0.05) is 18.2 Å². The number of aromatic nitrogens is 1. The lowest BCUT2D eigenvalue weighted by atomic mass is 10.1. The van der Waals surface area contributed by atoms with Crippen molar-refractivity contribution in [3.8, 4) is 0 Å². The summed E-state index contributed by atoms with van der Waals surface area (Å²) < 4.78 is 17.9. The molecule has 0 bridgehead atoms. The van der Waals surface area contributed by atoms with Gasteiger partial charge in [-0.3, -0.25) is 14.4 Å². The molecule has 0 saturated heterocycles. The van der Waals surface area contributed by atoms with E-state index in [9.17, 15) is 18.8 Å². The lowest BCUT2D eigenvalue weighted by molar-refractivity contribution is -0.139. The first-order valence-corrected chi connectivity index (χ1v) is 9.99. The van der Waals surface area contributed by atoms with Crippen LogP contribution in [0.1, 0.15) is 16.1 Å². The van der Waals surface area contributed by atoms with Crippen molar-refractivity contribution in [2.45, 2.75) is 6.92 Å². The number of thioether (sulfide) groups is 1. The maximum Gasteiger partial charge on any atom is 0.316 e. The summed E-state index contributed by atoms with van der Waals surface area (Å²) in [5.74, 6) is -1.60. The third kappa shape index (κ3) is 5.45. The number of anilines is 1. The van der Waals surface area contributed by atoms with Gasteiger partial charge in [0.05, 0.1) is 11.5 Å². The second-order valence-electron chi connectivity index (χ2n) is 6.30. The van der Waals surface area contributed by atoms with Gasteiger partial charge in [0.25, 0.3) is 0 Å². The van der Waals surface area contributed by atoms with E-state index in [1.807, 2.05) is 24.3 Å². The number of Topliss-reactive ketones (excluding diaryl/α,β-unsaturated/α-hetero) is 1. The van der Waals surface area contributed by atoms with Crippen molar-refractivity contribution in [2.24, 2.45) is 0 Å². The van der Waals surface area contributed by atoms with E-state index in [0.717, 1.165) is 28.4 Å². The summed E-state index contributed by atoms with van der Waals surface area (Å²) in [6.45, 7) is 1.44. The fraction of sp³-hybridized carbons (Fsp3) is 0.190. The van der Waals surface area contributed by atoms with Crippen LogP contribution in [-0.4, -0.2) is 40.8 Å². The van der Waals surface area contributed by atoms with Gasteiger partial charge in [-0.15, -0.1) is 11.8 Å². The number of aromatic amines is 1. The third-order valence-corrected chi connectivity index (χ3v) is 5.02. The Bertz CT molecular complexity index is 1050. The zero-order valence-corrected chi connectivity index (χ0v) is 16.5. The molecule has 6 nitrogen and oxygen atoms in total. The highest BCUT2D eigenvalue weighted by Gasteiger charge is 2.17. The van der Waals surface area contributed by atoms with Gasteiger partial charge in [0.2, 0.25) is 11.7 Å². The Hall–Kier alpha value is -3.13. The van der Waals surface area contributed by atoms with E-state index >= 15 is 0 Å². The van der Waals surface area contributed by atoms with Gasteiger partial charge in [-0.2, -0.15) is 0 Å². The van der Waals surface area contributed by atoms with Crippen molar-refractivity contribution in [3.63, 3.8) is 0 Å². The topological polar surface area (TPSA) is 88.3 Å². The van der Waals surface area contributed by atoms with Gasteiger partial charge in [-0.05, 0) is 37.3 Å². The molecule has 3 aromatic rings. The third-order valence-electron chi connectivity index (χ3n) is 4.12. The highest BCUT2D eigenvalue weighted by atomic mass is 32.2. The first-order valence-electron chi connectivity index (χ1n) is 8.83. The lowest BCUT2D eigenvalue weighted by Crippen LogP contribution is -2.18. The Morgan fingerprint density at radius 2 is 1.79 bits per heavy atom. The number of benzene rings is 2. The molecule has 29 heavy (non-hydrogen) atoms. The molecule has 0 saturated carbocycles. The number of aryl methyl sites for hydroxylation is 1. The number of rotatable bonds is 8. The minimum Gasteiger partial charge on any atom is -0.457 e. The van der Waals surface area contributed by atoms with E-state index in [0.29, 0.717) is 11.3 Å². The quantitative estimate of drug-likeness (QED) is 0.433. The SMILES string of the molecule is Cc1[nH]c2ccccc2c1C(=O)COC(=O)CSCC(=O)Nc1ccc(F)cc1. The van der Waals surface area contributed by atoms with Gasteiger partial charge in [-0.25, -0.2) is 4.39 Å². The number of H-pyrrole nitrogens is 1. The molecule has 1 aromatic heterocycles. The van der Waals surface area contributed by atoms with E-state index < -0.39 is 11.8 Å². The van der Waals surface area contributed by atoms with Crippen LogP contribution in [0, 0.1) is 12.7 Å². The summed E-state index contributed by atoms with van der Waals surface area (Å²) in [4.78, 5) is 39.3. The molecule has 150 valence electrons. The van der Waals surface area contributed by atoms with E-state index in [1.54, 1.807) is 6.92 Å². The van der Waals surface area contributed by atoms with E-state index in [2.05, 4.69) is 10.3 Å². The average molecular weight is 414 g/mol. The van der Waals surface area contributed by atoms with Crippen molar-refractivity contribution >= 4 is 46.0 Å². The van der Waals surface area contributed by atoms with Crippen LogP contribution in [0.5, 0.6) is 0 Å². The zero-order chi connectivity index (χ0) is 20.8. The second-order valence-corrected chi connectivity index (χ2v) is 7.29. The number of hydrogen-bond acceptors (Lipinski definition) is 5. The predicted molar refractivity (Wildman–Crippen MR) is 111 cm³/mol. The van der Waals surface area contributed by atoms with E-state index in [1.165, 1.54) is 24.3 Å². The molecule has 0 atom stereocenters. The van der Waals surface area contributed by atoms with Gasteiger partial charge in [0.15, 0.2) is 6.61 Å². The average Bonchev–Trinajstić information content (AvgIpc) is 3.03. The molecule has 0 fully saturated rings. The van der Waals surface area contributed by atoms with Crippen molar-refractivity contribution < 1.29 is 23.5 Å². The van der Waals surface area contributed by atoms with Gasteiger partial charge in [0.1, 0.15) is 5.82 Å². The molecule has 0 aliphatic carbocycles. The van der Waals surface area contributed by atoms with E-state index in [4.69, 9.17) is 4.74 Å². The predicted octanol–water partition coefficient (Wildman–Crippen LogP) is 3.71. The maximum atomic E-state index is 12.8. The Morgan fingerprint density at radius 1 is 1.07 bits per heavy atom. The number of para-hydroxylation sites is 1. The molecule has 0 aliphatic rings. The number of hydrogen-bond donors (Lipinski definition) is 2. The molecule has 3 rings (SSSR count). The van der Waals surface area contributed by atoms with Crippen LogP contribution in [0.2, 0.25) is 0 Å². The standard InChI is InChI=1S/C21H19FN2O4S/c1-13-21(16-4-2-3-5-17(16)23-13)18(25)10-28-20(27)12-29-11-19(26)24-15-8-6-14(22)7-9-15/h2-9,23H,10-12H2,1H3,(H,24,26). The van der Waals surface area contributed by atoms with Crippen molar-refractivity contribution in [1.82, 2.24) is 4.98 Å². The van der Waals surface area contributed by atoms with Crippen molar-refractivity contribution in [2.75, 3.05) is 23.4 Å². The molecule has 2 N–H and O–H groups in total. The molecular weight excluding hydrogens is 395 g/mol. The maximum absolute atomic E-state index is 12.8. The smallest absolute Gasteiger partial charge is 0.316 e. The fourth-order valence-corrected chi connectivity index (χ4v) is 3.46. The summed E-state index contributed by atoms with van der Waals surface area (Å²) in [5.41, 5.74) is 2.56. The molecular formula is C21H19FN2O4S. The zero-order valence-electron chi connectivity index (χ0n) is 15.7. The number of carbonyl (C=O) groups is 3. The molecule has 1 heterocycles. The Balaban J connectivity index is 1.42. The van der Waals surface area contributed by atoms with Crippen molar-refractivity contribution in [3.05, 3.63) is 65.6 Å². The lowest BCUT2D eigenvalue weighted by Gasteiger charge is -2.06. The minimum atomic E-state index is -0.574. The number of esters is 1. The number of halogens is 1. The monoisotopic (exact) mass is 414 g/mol. The van der Waals surface area contributed by atoms with E-state index in [-0.39, 0.29) is 29.8 Å².